The Kier molecular flexibility index (Phi) is 24.2. The molecule has 0 amide bonds. The van der Waals surface area contributed by atoms with E-state index < -0.39 is 29.5 Å². The molecule has 110 heavy (non-hydrogen) atoms. The van der Waals surface area contributed by atoms with Gasteiger partial charge in [0.15, 0.2) is 0 Å². The van der Waals surface area contributed by atoms with Crippen molar-refractivity contribution >= 4 is 119 Å². The first-order valence-electron chi connectivity index (χ1n) is 37.4. The lowest BCUT2D eigenvalue weighted by Gasteiger charge is -2.32. The number of hydrogen-bond acceptors (Lipinski definition) is 15. The van der Waals surface area contributed by atoms with Crippen molar-refractivity contribution in [3.63, 3.8) is 0 Å². The summed E-state index contributed by atoms with van der Waals surface area (Å²) in [4.78, 5) is 66.0. The molecule has 6 fully saturated rings. The van der Waals surface area contributed by atoms with Crippen LogP contribution in [-0.4, -0.2) is 117 Å². The SMILES string of the molecule is CC1(C)OB(B2OC(C)(C)C(C)(C)O2)OC1(C)C.CC1(C)OB(c2ccc3[nH]c(=O)ccc3c2)OC1(C)C.Cc1ccc2cc(-c3cnc(C4CCCC4)n3S(=O)(=O)C(F)(F)F)ccc2n1.Ic1cnc(C2CCCC2)[nH]1.O=c1ccc2cc(-c3cnc(C4CCCC4)[nH]3)ccc2[nH]1.O=c1ccc2cc(Br)ccc2[nH]1. The molecule has 10 heterocycles. The third-order valence-electron chi connectivity index (χ3n) is 22.5. The first-order chi connectivity index (χ1) is 51.8. The third kappa shape index (κ3) is 18.4. The number of pyridine rings is 4. The van der Waals surface area contributed by atoms with Gasteiger partial charge >= 0.3 is 36.7 Å². The molecule has 11 aromatic rings. The standard InChI is InChI=1S/C19H18F3N3O2S.C17H17N3O.C15H18BNO3.C12H24B2O4.C9H6BrNO.C8H11IN2/c1-12-6-7-14-10-15(8-9-16(14)24-12)17-11-23-18(13-4-2-3-5-13)25(17)28(26,27)19(20,21)22;21-16-8-6-12-9-13(5-7-14(12)19-16)15-10-18-17(20-15)11-3-1-2-4-11;1-14(2)15(3,4)20-16(19-14)11-6-7-12-10(9-11)5-8-13(18)17-12;1-9(2)10(3,4)16-13(15-9)14-17-11(5,6)12(7,8)18-14;10-7-2-3-8-6(5-7)1-4-9(12)11-8;9-7-5-10-8(11-7)6-3-1-2-4-6/h6-11,13H,2-5H2,1H3;5-11H,1-4H2,(H,18,20)(H,19,21);5-9H,1-4H3,(H,17,18);1-8H3;1-5H,(H,11,12);5-6H,1-4H2,(H,10,11). The van der Waals surface area contributed by atoms with E-state index in [-0.39, 0.29) is 74.8 Å². The van der Waals surface area contributed by atoms with Crippen LogP contribution in [0.3, 0.4) is 0 Å². The van der Waals surface area contributed by atoms with E-state index in [1.807, 2.05) is 163 Å². The highest BCUT2D eigenvalue weighted by atomic mass is 127. The lowest BCUT2D eigenvalue weighted by atomic mass is 9.49. The van der Waals surface area contributed by atoms with Crippen molar-refractivity contribution in [2.24, 2.45) is 0 Å². The van der Waals surface area contributed by atoms with Crippen molar-refractivity contribution in [3.05, 3.63) is 202 Å². The highest BCUT2D eigenvalue weighted by molar-refractivity contribution is 14.1. The average molecular weight is 1700 g/mol. The van der Waals surface area contributed by atoms with Gasteiger partial charge in [-0.1, -0.05) is 84.8 Å². The summed E-state index contributed by atoms with van der Waals surface area (Å²) < 4.78 is 103. The van der Waals surface area contributed by atoms with E-state index in [0.717, 1.165) is 87.9 Å². The number of imidazole rings is 3. The van der Waals surface area contributed by atoms with Gasteiger partial charge in [0.25, 0.3) is 0 Å². The number of aromatic amines is 5. The fourth-order valence-corrected chi connectivity index (χ4v) is 16.0. The minimum absolute atomic E-state index is 0.0352. The second-order valence-electron chi connectivity index (χ2n) is 32.0. The molecule has 21 nitrogen and oxygen atoms in total. The largest absolute Gasteiger partial charge is 0.517 e. The third-order valence-corrected chi connectivity index (χ3v) is 25.0. The lowest BCUT2D eigenvalue weighted by Crippen LogP contribution is -2.41. The van der Waals surface area contributed by atoms with Crippen LogP contribution in [0.4, 0.5) is 13.2 Å². The number of rotatable bonds is 8. The van der Waals surface area contributed by atoms with Gasteiger partial charge in [0.2, 0.25) is 16.7 Å². The fraction of sp³-hybridized carbons (Fsp3) is 0.438. The summed E-state index contributed by atoms with van der Waals surface area (Å²) in [5.74, 6) is 3.30. The van der Waals surface area contributed by atoms with Crippen LogP contribution in [0.1, 0.15) is 201 Å². The van der Waals surface area contributed by atoms with Gasteiger partial charge in [-0.3, -0.25) is 19.4 Å². The fourth-order valence-electron chi connectivity index (χ4n) is 14.1. The van der Waals surface area contributed by atoms with Crippen LogP contribution in [0.5, 0.6) is 0 Å². The Balaban J connectivity index is 0.000000126. The zero-order valence-corrected chi connectivity index (χ0v) is 68.8. The number of H-pyrrole nitrogens is 5. The quantitative estimate of drug-likeness (QED) is 0.0699. The van der Waals surface area contributed by atoms with Crippen LogP contribution >= 0.6 is 38.5 Å². The molecule has 5 N–H and O–H groups in total. The number of hydrogen-bond donors (Lipinski definition) is 5. The van der Waals surface area contributed by atoms with Gasteiger partial charge in [-0.05, 0) is 246 Å². The number of nitrogens with one attached hydrogen (secondary N) is 5. The van der Waals surface area contributed by atoms with Gasteiger partial charge < -0.3 is 52.8 Å². The van der Waals surface area contributed by atoms with E-state index in [2.05, 4.69) is 89.4 Å². The summed E-state index contributed by atoms with van der Waals surface area (Å²) in [5.41, 5.74) is -0.357. The zero-order valence-electron chi connectivity index (χ0n) is 64.3. The molecule has 3 aliphatic heterocycles. The predicted octanol–water partition coefficient (Wildman–Crippen LogP) is 17.4. The molecular formula is C80H94B3BrF3IN10O11S. The minimum Gasteiger partial charge on any atom is -0.405 e. The summed E-state index contributed by atoms with van der Waals surface area (Å²) in [5, 5.41) is 3.74. The van der Waals surface area contributed by atoms with E-state index in [1.165, 1.54) is 75.5 Å². The Morgan fingerprint density at radius 2 is 0.909 bits per heavy atom. The molecule has 7 aromatic heterocycles. The van der Waals surface area contributed by atoms with Crippen molar-refractivity contribution in [2.45, 2.75) is 224 Å². The summed E-state index contributed by atoms with van der Waals surface area (Å²) in [7, 11) is -6.93. The number of halogens is 5. The molecule has 580 valence electrons. The highest BCUT2D eigenvalue weighted by Gasteiger charge is 2.64. The van der Waals surface area contributed by atoms with Gasteiger partial charge in [-0.15, -0.1) is 0 Å². The summed E-state index contributed by atoms with van der Waals surface area (Å²) in [6.07, 6.45) is 18.5. The number of benzene rings is 4. The molecule has 0 spiro atoms. The smallest absolute Gasteiger partial charge is 0.405 e. The van der Waals surface area contributed by atoms with Crippen LogP contribution in [0, 0.1) is 10.6 Å². The molecule has 0 bridgehead atoms. The summed E-state index contributed by atoms with van der Waals surface area (Å²) in [6.45, 7) is 26.2. The van der Waals surface area contributed by atoms with Gasteiger partial charge in [0.05, 0.1) is 72.8 Å². The molecule has 0 radical (unpaired) electrons. The second kappa shape index (κ2) is 32.5. The normalized spacial score (nSPS) is 19.2. The van der Waals surface area contributed by atoms with E-state index in [4.69, 9.17) is 27.9 Å². The summed E-state index contributed by atoms with van der Waals surface area (Å²) in [6, 6.07) is 36.1. The van der Waals surface area contributed by atoms with E-state index in [1.54, 1.807) is 42.5 Å². The maximum Gasteiger partial charge on any atom is 0.517 e. The van der Waals surface area contributed by atoms with Crippen molar-refractivity contribution in [3.8, 4) is 22.5 Å². The molecule has 0 unspecified atom stereocenters. The Hall–Kier alpha value is -7.55. The first-order valence-corrected chi connectivity index (χ1v) is 40.7. The molecule has 3 aliphatic carbocycles. The maximum absolute atomic E-state index is 13.4. The van der Waals surface area contributed by atoms with Gasteiger partial charge in [-0.25, -0.2) is 18.9 Å². The molecular weight excluding hydrogens is 1610 g/mol. The van der Waals surface area contributed by atoms with Crippen LogP contribution in [0.2, 0.25) is 0 Å². The van der Waals surface area contributed by atoms with Crippen molar-refractivity contribution in [1.82, 2.24) is 48.8 Å². The predicted molar refractivity (Wildman–Crippen MR) is 440 cm³/mol. The molecule has 0 atom stereocenters. The van der Waals surface area contributed by atoms with Crippen LogP contribution in [0.15, 0.2) is 159 Å². The van der Waals surface area contributed by atoms with Crippen molar-refractivity contribution < 1.29 is 49.5 Å². The number of fused-ring (bicyclic) bond motifs is 4. The molecule has 4 aromatic carbocycles. The van der Waals surface area contributed by atoms with E-state index in [0.29, 0.717) is 39.2 Å². The molecule has 30 heteroatoms. The van der Waals surface area contributed by atoms with E-state index >= 15 is 0 Å². The Labute approximate surface area is 661 Å². The second-order valence-corrected chi connectivity index (χ2v) is 35.9. The molecule has 6 aliphatic rings. The lowest BCUT2D eigenvalue weighted by molar-refractivity contribution is -0.0447. The number of nitrogens with zero attached hydrogens (tertiary/aromatic N) is 5. The van der Waals surface area contributed by atoms with Crippen molar-refractivity contribution in [2.75, 3.05) is 0 Å². The Bertz CT molecular complexity index is 5350. The number of aromatic nitrogens is 10. The van der Waals surface area contributed by atoms with Gasteiger partial charge in [0.1, 0.15) is 17.5 Å². The number of alkyl halides is 3. The molecule has 3 saturated heterocycles. The monoisotopic (exact) mass is 1700 g/mol. The van der Waals surface area contributed by atoms with Gasteiger partial charge in [0, 0.05) is 79.2 Å². The van der Waals surface area contributed by atoms with Crippen molar-refractivity contribution in [1.29, 1.82) is 0 Å². The van der Waals surface area contributed by atoms with Gasteiger partial charge in [-0.2, -0.15) is 21.6 Å². The number of aryl methyl sites for hydroxylation is 1. The average Bonchev–Trinajstić information content (AvgIpc) is 1.56. The van der Waals surface area contributed by atoms with Crippen LogP contribution < -0.4 is 22.1 Å². The molecule has 17 rings (SSSR count). The highest BCUT2D eigenvalue weighted by Crippen LogP contribution is 2.45. The first kappa shape index (κ1) is 81.9. The Morgan fingerprint density at radius 1 is 0.482 bits per heavy atom. The topological polar surface area (TPSA) is 276 Å². The molecule has 3 saturated carbocycles. The summed E-state index contributed by atoms with van der Waals surface area (Å²) >= 11 is 5.63. The Morgan fingerprint density at radius 3 is 1.41 bits per heavy atom. The van der Waals surface area contributed by atoms with Crippen LogP contribution in [0.25, 0.3) is 66.1 Å². The van der Waals surface area contributed by atoms with E-state index in [9.17, 15) is 36.0 Å². The zero-order chi connectivity index (χ0) is 79.1. The van der Waals surface area contributed by atoms with Crippen LogP contribution in [-0.2, 0) is 37.9 Å². The maximum atomic E-state index is 13.4. The minimum atomic E-state index is -5.60.